The summed E-state index contributed by atoms with van der Waals surface area (Å²) < 4.78 is 0. The van der Waals surface area contributed by atoms with Crippen LogP contribution in [0.2, 0.25) is 5.02 Å². The first-order chi connectivity index (χ1) is 16.7. The average Bonchev–Trinajstić information content (AvgIpc) is 3.34. The molecule has 17 heteroatoms. The quantitative estimate of drug-likeness (QED) is 0.149. The molecule has 4 heterocycles. The van der Waals surface area contributed by atoms with E-state index in [-0.39, 0.29) is 34.5 Å². The number of amides is 2. The second-order valence-corrected chi connectivity index (χ2v) is 10.5. The number of fused-ring (bicyclic) bond motifs is 1. The molecule has 2 saturated heterocycles. The van der Waals surface area contributed by atoms with E-state index >= 15 is 0 Å². The van der Waals surface area contributed by atoms with Gasteiger partial charge in [0.15, 0.2) is 5.71 Å². The Labute approximate surface area is 211 Å². The molecule has 2 fully saturated rings. The van der Waals surface area contributed by atoms with Crippen LogP contribution in [0.25, 0.3) is 0 Å². The summed E-state index contributed by atoms with van der Waals surface area (Å²) in [6, 6.07) is 2.04. The Bertz CT molecular complexity index is 1180. The Balaban J connectivity index is 1.48. The number of aromatic amines is 1. The SMILES string of the molecule is CON=C(C(=O)NC1C(=O)N2CC(C(=O)O)(C(C)Sc3nn[nH]n3)CS[C@H]12)c1nc(N)ccc1Cl. The zero-order chi connectivity index (χ0) is 25.3. The summed E-state index contributed by atoms with van der Waals surface area (Å²) >= 11 is 8.57. The van der Waals surface area contributed by atoms with Gasteiger partial charge in [0.1, 0.15) is 35.5 Å². The lowest BCUT2D eigenvalue weighted by Crippen LogP contribution is -2.74. The molecule has 0 spiro atoms. The van der Waals surface area contributed by atoms with Gasteiger partial charge in [0, 0.05) is 17.5 Å². The van der Waals surface area contributed by atoms with E-state index in [4.69, 9.17) is 22.2 Å². The number of aliphatic carboxylic acids is 1. The van der Waals surface area contributed by atoms with E-state index in [1.807, 2.05) is 0 Å². The summed E-state index contributed by atoms with van der Waals surface area (Å²) in [5, 5.41) is 29.5. The number of nitrogen functional groups attached to an aromatic ring is 1. The third-order valence-corrected chi connectivity index (χ3v) is 8.74. The number of carboxylic acid groups (broad SMARTS) is 1. The van der Waals surface area contributed by atoms with Crippen LogP contribution in [-0.4, -0.2) is 95.2 Å². The Hall–Kier alpha value is -3.11. The largest absolute Gasteiger partial charge is 0.481 e. The van der Waals surface area contributed by atoms with Gasteiger partial charge in [-0.25, -0.2) is 4.98 Å². The number of nitrogens with one attached hydrogen (secondary N) is 2. The van der Waals surface area contributed by atoms with Crippen molar-refractivity contribution in [2.24, 2.45) is 10.6 Å². The van der Waals surface area contributed by atoms with Crippen LogP contribution in [0.5, 0.6) is 0 Å². The molecule has 2 amide bonds. The van der Waals surface area contributed by atoms with Crippen molar-refractivity contribution in [2.45, 2.75) is 28.7 Å². The summed E-state index contributed by atoms with van der Waals surface area (Å²) in [7, 11) is 1.25. The van der Waals surface area contributed by atoms with Crippen molar-refractivity contribution in [2.75, 3.05) is 25.1 Å². The molecule has 2 aromatic heterocycles. The third kappa shape index (κ3) is 4.60. The lowest BCUT2D eigenvalue weighted by molar-refractivity contribution is -0.158. The number of hydrogen-bond acceptors (Lipinski definition) is 12. The Morgan fingerprint density at radius 3 is 2.94 bits per heavy atom. The maximum atomic E-state index is 13.0. The van der Waals surface area contributed by atoms with E-state index in [0.717, 1.165) is 11.8 Å². The number of carbonyl (C=O) groups excluding carboxylic acids is 2. The molecule has 0 aliphatic carbocycles. The first-order valence-corrected chi connectivity index (χ1v) is 12.4. The van der Waals surface area contributed by atoms with Gasteiger partial charge in [0.2, 0.25) is 11.1 Å². The third-order valence-electron chi connectivity index (χ3n) is 5.69. The van der Waals surface area contributed by atoms with E-state index < -0.39 is 39.9 Å². The zero-order valence-corrected chi connectivity index (χ0v) is 20.7. The van der Waals surface area contributed by atoms with Gasteiger partial charge in [0.25, 0.3) is 5.91 Å². The van der Waals surface area contributed by atoms with Crippen LogP contribution in [0, 0.1) is 5.41 Å². The number of nitrogens with two attached hydrogens (primary N) is 1. The number of carbonyl (C=O) groups is 3. The summed E-state index contributed by atoms with van der Waals surface area (Å²) in [6.07, 6.45) is 0. The molecule has 186 valence electrons. The van der Waals surface area contributed by atoms with Crippen LogP contribution < -0.4 is 11.1 Å². The molecule has 2 aromatic rings. The van der Waals surface area contributed by atoms with Crippen molar-refractivity contribution in [3.63, 3.8) is 0 Å². The number of rotatable bonds is 8. The summed E-state index contributed by atoms with van der Waals surface area (Å²) in [6.45, 7) is 1.72. The number of H-pyrrole nitrogens is 1. The molecular weight excluding hydrogens is 522 g/mol. The van der Waals surface area contributed by atoms with Gasteiger partial charge >= 0.3 is 5.97 Å². The minimum atomic E-state index is -1.25. The fraction of sp³-hybridized carbons (Fsp3) is 0.444. The van der Waals surface area contributed by atoms with Crippen molar-refractivity contribution in [3.05, 3.63) is 22.8 Å². The fourth-order valence-electron chi connectivity index (χ4n) is 3.73. The number of tetrazole rings is 1. The Morgan fingerprint density at radius 1 is 1.51 bits per heavy atom. The average molecular weight is 542 g/mol. The van der Waals surface area contributed by atoms with Crippen LogP contribution in [0.1, 0.15) is 12.6 Å². The molecule has 2 aliphatic heterocycles. The van der Waals surface area contributed by atoms with E-state index in [2.05, 4.69) is 36.1 Å². The molecule has 35 heavy (non-hydrogen) atoms. The molecule has 0 bridgehead atoms. The predicted molar refractivity (Wildman–Crippen MR) is 127 cm³/mol. The molecule has 3 unspecified atom stereocenters. The summed E-state index contributed by atoms with van der Waals surface area (Å²) in [5.41, 5.74) is 4.21. The minimum absolute atomic E-state index is 0.00292. The number of halogens is 1. The van der Waals surface area contributed by atoms with Crippen molar-refractivity contribution < 1.29 is 24.3 Å². The second-order valence-electron chi connectivity index (χ2n) is 7.72. The summed E-state index contributed by atoms with van der Waals surface area (Å²) in [4.78, 5) is 48.5. The maximum absolute atomic E-state index is 13.0. The summed E-state index contributed by atoms with van der Waals surface area (Å²) in [5.74, 6) is -1.86. The van der Waals surface area contributed by atoms with Crippen LogP contribution >= 0.6 is 35.1 Å². The first kappa shape index (κ1) is 25.0. The van der Waals surface area contributed by atoms with Gasteiger partial charge in [0.05, 0.1) is 5.02 Å². The van der Waals surface area contributed by atoms with Gasteiger partial charge in [-0.05, 0) is 17.3 Å². The molecule has 4 rings (SSSR count). The van der Waals surface area contributed by atoms with Crippen LogP contribution in [0.4, 0.5) is 5.82 Å². The number of oxime groups is 1. The van der Waals surface area contributed by atoms with E-state index in [9.17, 15) is 19.5 Å². The number of thioether (sulfide) groups is 2. The lowest BCUT2D eigenvalue weighted by atomic mass is 9.84. The van der Waals surface area contributed by atoms with E-state index in [0.29, 0.717) is 5.16 Å². The molecule has 4 atom stereocenters. The number of aromatic nitrogens is 5. The molecule has 0 saturated carbocycles. The van der Waals surface area contributed by atoms with Crippen molar-refractivity contribution in [1.82, 2.24) is 35.8 Å². The molecule has 14 nitrogen and oxygen atoms in total. The van der Waals surface area contributed by atoms with E-state index in [1.165, 1.54) is 35.9 Å². The van der Waals surface area contributed by atoms with Crippen LogP contribution in [-0.2, 0) is 19.2 Å². The maximum Gasteiger partial charge on any atom is 0.313 e. The Kier molecular flexibility index (Phi) is 7.05. The number of hydrogen-bond donors (Lipinski definition) is 4. The van der Waals surface area contributed by atoms with Crippen LogP contribution in [0.15, 0.2) is 22.4 Å². The molecule has 2 aliphatic rings. The Morgan fingerprint density at radius 2 is 2.29 bits per heavy atom. The molecular formula is C18H20ClN9O5S2. The monoisotopic (exact) mass is 541 g/mol. The van der Waals surface area contributed by atoms with Gasteiger partial charge < -0.3 is 25.9 Å². The highest BCUT2D eigenvalue weighted by Gasteiger charge is 2.59. The van der Waals surface area contributed by atoms with Crippen molar-refractivity contribution in [3.8, 4) is 0 Å². The molecule has 0 radical (unpaired) electrons. The highest BCUT2D eigenvalue weighted by Crippen LogP contribution is 2.47. The highest BCUT2D eigenvalue weighted by atomic mass is 35.5. The van der Waals surface area contributed by atoms with Gasteiger partial charge in [-0.2, -0.15) is 5.21 Å². The molecule has 5 N–H and O–H groups in total. The number of carboxylic acids is 1. The standard InChI is InChI=1S/C18H20ClN9O5S2/c1-7(35-17-23-26-27-24-17)18(16(31)32)5-28-14(30)12(15(28)34-6-18)22-13(29)11(25-33-2)10-8(19)3-4-9(20)21-10/h3-4,7,12,15H,5-6H2,1-2H3,(H2,20,21)(H,22,29)(H,31,32)(H,23,24,26,27)/t7?,12?,15-,18?/m1/s1. The van der Waals surface area contributed by atoms with Crippen molar-refractivity contribution >= 4 is 64.4 Å². The zero-order valence-electron chi connectivity index (χ0n) is 18.3. The molecule has 0 aromatic carbocycles. The number of β-lactam (4-membered cyclic amide) rings is 1. The second kappa shape index (κ2) is 9.87. The highest BCUT2D eigenvalue weighted by molar-refractivity contribution is 8.01. The minimum Gasteiger partial charge on any atom is -0.481 e. The van der Waals surface area contributed by atoms with Crippen molar-refractivity contribution in [1.29, 1.82) is 0 Å². The lowest BCUT2D eigenvalue weighted by Gasteiger charge is -2.54. The predicted octanol–water partition coefficient (Wildman–Crippen LogP) is -0.167. The fourth-order valence-corrected chi connectivity index (χ4v) is 6.68. The number of nitrogens with zero attached hydrogens (tertiary/aromatic N) is 6. The first-order valence-electron chi connectivity index (χ1n) is 10.1. The van der Waals surface area contributed by atoms with Gasteiger partial charge in [-0.15, -0.1) is 22.0 Å². The van der Waals surface area contributed by atoms with E-state index in [1.54, 1.807) is 6.92 Å². The normalized spacial score (nSPS) is 24.8. The van der Waals surface area contributed by atoms with Gasteiger partial charge in [-0.1, -0.05) is 35.4 Å². The number of anilines is 1. The number of pyridine rings is 1. The van der Waals surface area contributed by atoms with Gasteiger partial charge in [-0.3, -0.25) is 14.4 Å². The van der Waals surface area contributed by atoms with Crippen LogP contribution in [0.3, 0.4) is 0 Å². The smallest absolute Gasteiger partial charge is 0.313 e. The topological polar surface area (TPSA) is 202 Å².